The number of primary amides is 1. The maximum absolute atomic E-state index is 11.2. The van der Waals surface area contributed by atoms with Crippen molar-refractivity contribution in [1.82, 2.24) is 9.55 Å². The SMILES string of the molecule is CC(C)C(C(N)=O)n1cncc1C=O. The molecular weight excluding hydrogens is 182 g/mol. The van der Waals surface area contributed by atoms with Crippen LogP contribution < -0.4 is 5.73 Å². The topological polar surface area (TPSA) is 78.0 Å². The first-order chi connectivity index (χ1) is 6.57. The van der Waals surface area contributed by atoms with Gasteiger partial charge in [0, 0.05) is 0 Å². The lowest BCUT2D eigenvalue weighted by molar-refractivity contribution is -0.122. The normalized spacial score (nSPS) is 12.8. The molecule has 5 heteroatoms. The fraction of sp³-hybridized carbons (Fsp3) is 0.444. The van der Waals surface area contributed by atoms with Crippen LogP contribution in [-0.4, -0.2) is 21.7 Å². The number of hydrogen-bond donors (Lipinski definition) is 1. The highest BCUT2D eigenvalue weighted by atomic mass is 16.1. The monoisotopic (exact) mass is 195 g/mol. The zero-order valence-electron chi connectivity index (χ0n) is 8.18. The number of rotatable bonds is 4. The maximum atomic E-state index is 11.2. The summed E-state index contributed by atoms with van der Waals surface area (Å²) in [4.78, 5) is 25.6. The summed E-state index contributed by atoms with van der Waals surface area (Å²) in [6, 6.07) is -0.516. The van der Waals surface area contributed by atoms with Gasteiger partial charge in [-0.05, 0) is 5.92 Å². The highest BCUT2D eigenvalue weighted by molar-refractivity contribution is 5.80. The van der Waals surface area contributed by atoms with E-state index in [-0.39, 0.29) is 5.92 Å². The van der Waals surface area contributed by atoms with Gasteiger partial charge in [0.15, 0.2) is 6.29 Å². The number of aldehydes is 1. The number of aromatic nitrogens is 2. The summed E-state index contributed by atoms with van der Waals surface area (Å²) in [5.41, 5.74) is 5.61. The molecule has 5 nitrogen and oxygen atoms in total. The number of hydrogen-bond acceptors (Lipinski definition) is 3. The van der Waals surface area contributed by atoms with Crippen LogP contribution in [0.3, 0.4) is 0 Å². The van der Waals surface area contributed by atoms with Crippen LogP contribution in [0.4, 0.5) is 0 Å². The molecular formula is C9H13N3O2. The summed E-state index contributed by atoms with van der Waals surface area (Å²) < 4.78 is 1.50. The second-order valence-corrected chi connectivity index (χ2v) is 3.43. The molecule has 0 bridgehead atoms. The third kappa shape index (κ3) is 1.81. The van der Waals surface area contributed by atoms with E-state index in [1.165, 1.54) is 17.1 Å². The minimum absolute atomic E-state index is 0.0281. The quantitative estimate of drug-likeness (QED) is 0.705. The molecule has 1 rings (SSSR count). The van der Waals surface area contributed by atoms with Crippen molar-refractivity contribution in [2.75, 3.05) is 0 Å². The van der Waals surface area contributed by atoms with E-state index in [4.69, 9.17) is 5.73 Å². The van der Waals surface area contributed by atoms with Gasteiger partial charge in [0.05, 0.1) is 12.5 Å². The Labute approximate surface area is 81.9 Å². The molecule has 0 aromatic carbocycles. The molecule has 1 amide bonds. The highest BCUT2D eigenvalue weighted by Crippen LogP contribution is 2.18. The Balaban J connectivity index is 3.11. The Morgan fingerprint density at radius 1 is 1.64 bits per heavy atom. The molecule has 14 heavy (non-hydrogen) atoms. The van der Waals surface area contributed by atoms with E-state index in [1.54, 1.807) is 0 Å². The number of carbonyl (C=O) groups excluding carboxylic acids is 2. The first kappa shape index (κ1) is 10.4. The Bertz CT molecular complexity index is 344. The third-order valence-corrected chi connectivity index (χ3v) is 2.04. The molecule has 76 valence electrons. The van der Waals surface area contributed by atoms with Crippen molar-refractivity contribution in [2.24, 2.45) is 11.7 Å². The molecule has 0 aliphatic heterocycles. The van der Waals surface area contributed by atoms with Gasteiger partial charge in [-0.25, -0.2) is 4.98 Å². The van der Waals surface area contributed by atoms with Crippen LogP contribution in [-0.2, 0) is 4.79 Å². The zero-order chi connectivity index (χ0) is 10.7. The average molecular weight is 195 g/mol. The predicted molar refractivity (Wildman–Crippen MR) is 50.7 cm³/mol. The summed E-state index contributed by atoms with van der Waals surface area (Å²) in [5, 5.41) is 0. The van der Waals surface area contributed by atoms with Crippen LogP contribution in [0.2, 0.25) is 0 Å². The van der Waals surface area contributed by atoms with Gasteiger partial charge in [-0.3, -0.25) is 9.59 Å². The molecule has 0 aliphatic carbocycles. The molecule has 2 N–H and O–H groups in total. The standard InChI is InChI=1S/C9H13N3O2/c1-6(2)8(9(10)14)12-5-11-3-7(12)4-13/h3-6,8H,1-2H3,(H2,10,14). The Hall–Kier alpha value is -1.65. The lowest BCUT2D eigenvalue weighted by Gasteiger charge is -2.19. The van der Waals surface area contributed by atoms with Crippen molar-refractivity contribution >= 4 is 12.2 Å². The molecule has 0 radical (unpaired) electrons. The Morgan fingerprint density at radius 2 is 2.29 bits per heavy atom. The number of imidazole rings is 1. The molecule has 1 heterocycles. The van der Waals surface area contributed by atoms with E-state index in [2.05, 4.69) is 4.98 Å². The van der Waals surface area contributed by atoms with E-state index in [0.717, 1.165) is 0 Å². The third-order valence-electron chi connectivity index (χ3n) is 2.04. The second kappa shape index (κ2) is 4.04. The Morgan fingerprint density at radius 3 is 2.71 bits per heavy atom. The number of nitrogens with two attached hydrogens (primary N) is 1. The van der Waals surface area contributed by atoms with Crippen molar-refractivity contribution in [3.05, 3.63) is 18.2 Å². The summed E-state index contributed by atoms with van der Waals surface area (Å²) >= 11 is 0. The van der Waals surface area contributed by atoms with Crippen molar-refractivity contribution in [3.63, 3.8) is 0 Å². The highest BCUT2D eigenvalue weighted by Gasteiger charge is 2.23. The van der Waals surface area contributed by atoms with Crippen LogP contribution in [0.15, 0.2) is 12.5 Å². The van der Waals surface area contributed by atoms with E-state index in [1.807, 2.05) is 13.8 Å². The van der Waals surface area contributed by atoms with Gasteiger partial charge in [-0.2, -0.15) is 0 Å². The van der Waals surface area contributed by atoms with Gasteiger partial charge in [0.25, 0.3) is 0 Å². The number of amides is 1. The minimum Gasteiger partial charge on any atom is -0.368 e. The lowest BCUT2D eigenvalue weighted by Crippen LogP contribution is -2.31. The summed E-state index contributed by atoms with van der Waals surface area (Å²) in [7, 11) is 0. The van der Waals surface area contributed by atoms with Gasteiger partial charge < -0.3 is 10.3 Å². The minimum atomic E-state index is -0.516. The maximum Gasteiger partial charge on any atom is 0.240 e. The van der Waals surface area contributed by atoms with Gasteiger partial charge in [0.1, 0.15) is 11.7 Å². The Kier molecular flexibility index (Phi) is 3.01. The molecule has 0 saturated heterocycles. The largest absolute Gasteiger partial charge is 0.368 e. The average Bonchev–Trinajstić information content (AvgIpc) is 2.51. The first-order valence-corrected chi connectivity index (χ1v) is 4.34. The smallest absolute Gasteiger partial charge is 0.240 e. The van der Waals surface area contributed by atoms with Gasteiger partial charge >= 0.3 is 0 Å². The van der Waals surface area contributed by atoms with E-state index < -0.39 is 11.9 Å². The van der Waals surface area contributed by atoms with Gasteiger partial charge in [-0.1, -0.05) is 13.8 Å². The molecule has 0 aliphatic rings. The van der Waals surface area contributed by atoms with Crippen molar-refractivity contribution in [3.8, 4) is 0 Å². The fourth-order valence-electron chi connectivity index (χ4n) is 1.43. The van der Waals surface area contributed by atoms with E-state index in [0.29, 0.717) is 12.0 Å². The van der Waals surface area contributed by atoms with Gasteiger partial charge in [-0.15, -0.1) is 0 Å². The molecule has 0 saturated carbocycles. The molecule has 0 spiro atoms. The number of carbonyl (C=O) groups is 2. The zero-order valence-corrected chi connectivity index (χ0v) is 8.18. The van der Waals surface area contributed by atoms with Crippen molar-refractivity contribution < 1.29 is 9.59 Å². The van der Waals surface area contributed by atoms with E-state index in [9.17, 15) is 9.59 Å². The molecule has 0 fully saturated rings. The summed E-state index contributed by atoms with van der Waals surface area (Å²) in [6.07, 6.45) is 3.51. The van der Waals surface area contributed by atoms with Crippen LogP contribution >= 0.6 is 0 Å². The van der Waals surface area contributed by atoms with Crippen LogP contribution in [0, 0.1) is 5.92 Å². The van der Waals surface area contributed by atoms with Crippen molar-refractivity contribution in [1.29, 1.82) is 0 Å². The second-order valence-electron chi connectivity index (χ2n) is 3.43. The van der Waals surface area contributed by atoms with Gasteiger partial charge in [0.2, 0.25) is 5.91 Å². The van der Waals surface area contributed by atoms with Crippen LogP contribution in [0.25, 0.3) is 0 Å². The summed E-state index contributed by atoms with van der Waals surface area (Å²) in [5.74, 6) is -0.429. The van der Waals surface area contributed by atoms with Crippen molar-refractivity contribution in [2.45, 2.75) is 19.9 Å². The molecule has 1 aromatic rings. The first-order valence-electron chi connectivity index (χ1n) is 4.34. The summed E-state index contributed by atoms with van der Waals surface area (Å²) in [6.45, 7) is 3.73. The predicted octanol–water partition coefficient (Wildman–Crippen LogP) is 0.378. The number of nitrogens with zero attached hydrogens (tertiary/aromatic N) is 2. The molecule has 1 unspecified atom stereocenters. The van der Waals surface area contributed by atoms with E-state index >= 15 is 0 Å². The van der Waals surface area contributed by atoms with Crippen LogP contribution in [0.1, 0.15) is 30.4 Å². The van der Waals surface area contributed by atoms with Crippen LogP contribution in [0.5, 0.6) is 0 Å². The molecule has 1 atom stereocenters. The molecule has 1 aromatic heterocycles. The fourth-order valence-corrected chi connectivity index (χ4v) is 1.43. The lowest BCUT2D eigenvalue weighted by atomic mass is 10.0.